The standard InChI is InChI=1S/C26H26N4O3S/c1-17-12-14-26(15-13-17)23(32)30(25(33)29-26)16-20(31)27-24-28-21(18-8-4-2-5-9-18)22(34-24)19-10-6-3-7-11-19/h2-11,17H,12-16H2,1H3,(H,29,33)(H,27,28,31). The lowest BCUT2D eigenvalue weighted by atomic mass is 9.77. The van der Waals surface area contributed by atoms with Gasteiger partial charge in [-0.1, -0.05) is 78.9 Å². The molecule has 2 aromatic carbocycles. The van der Waals surface area contributed by atoms with Crippen LogP contribution >= 0.6 is 11.3 Å². The molecular weight excluding hydrogens is 448 g/mol. The predicted molar refractivity (Wildman–Crippen MR) is 132 cm³/mol. The Morgan fingerprint density at radius 1 is 1.06 bits per heavy atom. The molecule has 1 aliphatic heterocycles. The predicted octanol–water partition coefficient (Wildman–Crippen LogP) is 4.92. The smallest absolute Gasteiger partial charge is 0.323 e. The minimum atomic E-state index is -0.855. The third kappa shape index (κ3) is 4.21. The molecule has 1 aliphatic carbocycles. The van der Waals surface area contributed by atoms with Crippen LogP contribution in [0.15, 0.2) is 60.7 Å². The van der Waals surface area contributed by atoms with Crippen molar-refractivity contribution in [2.24, 2.45) is 5.92 Å². The monoisotopic (exact) mass is 474 g/mol. The van der Waals surface area contributed by atoms with Crippen LogP contribution in [0.1, 0.15) is 32.6 Å². The number of nitrogens with one attached hydrogen (secondary N) is 2. The maximum Gasteiger partial charge on any atom is 0.325 e. The molecule has 8 heteroatoms. The largest absolute Gasteiger partial charge is 0.325 e. The van der Waals surface area contributed by atoms with Crippen LogP contribution in [0.5, 0.6) is 0 Å². The average Bonchev–Trinajstić information content (AvgIpc) is 3.37. The molecule has 5 rings (SSSR count). The Labute approximate surface area is 202 Å². The molecule has 174 valence electrons. The van der Waals surface area contributed by atoms with E-state index in [0.29, 0.717) is 23.9 Å². The molecular formula is C26H26N4O3S. The summed E-state index contributed by atoms with van der Waals surface area (Å²) in [4.78, 5) is 45.1. The molecule has 1 aromatic heterocycles. The van der Waals surface area contributed by atoms with Crippen LogP contribution < -0.4 is 10.6 Å². The second kappa shape index (κ2) is 9.02. The van der Waals surface area contributed by atoms with E-state index in [1.807, 2.05) is 60.7 Å². The molecule has 2 heterocycles. The summed E-state index contributed by atoms with van der Waals surface area (Å²) in [7, 11) is 0. The number of benzene rings is 2. The number of aromatic nitrogens is 1. The molecule has 0 unspecified atom stereocenters. The Hall–Kier alpha value is -3.52. The van der Waals surface area contributed by atoms with E-state index >= 15 is 0 Å². The number of nitrogens with zero attached hydrogens (tertiary/aromatic N) is 2. The molecule has 2 N–H and O–H groups in total. The zero-order valence-corrected chi connectivity index (χ0v) is 19.7. The Balaban J connectivity index is 1.35. The molecule has 0 bridgehead atoms. The highest BCUT2D eigenvalue weighted by atomic mass is 32.1. The Kier molecular flexibility index (Phi) is 5.91. The molecule has 2 aliphatic rings. The highest BCUT2D eigenvalue weighted by molar-refractivity contribution is 7.19. The van der Waals surface area contributed by atoms with Gasteiger partial charge in [0, 0.05) is 5.56 Å². The van der Waals surface area contributed by atoms with Gasteiger partial charge in [0.25, 0.3) is 5.91 Å². The van der Waals surface area contributed by atoms with Gasteiger partial charge in [-0.2, -0.15) is 0 Å². The second-order valence-electron chi connectivity index (χ2n) is 9.06. The third-order valence-corrected chi connectivity index (χ3v) is 7.65. The molecule has 7 nitrogen and oxygen atoms in total. The van der Waals surface area contributed by atoms with Crippen LogP contribution in [0.4, 0.5) is 9.93 Å². The van der Waals surface area contributed by atoms with Gasteiger partial charge < -0.3 is 10.6 Å². The van der Waals surface area contributed by atoms with E-state index < -0.39 is 17.5 Å². The van der Waals surface area contributed by atoms with Crippen LogP contribution in [-0.2, 0) is 9.59 Å². The van der Waals surface area contributed by atoms with E-state index in [0.717, 1.165) is 39.4 Å². The first-order chi connectivity index (χ1) is 16.4. The first kappa shape index (κ1) is 22.3. The van der Waals surface area contributed by atoms with Crippen molar-refractivity contribution in [1.82, 2.24) is 15.2 Å². The summed E-state index contributed by atoms with van der Waals surface area (Å²) in [5, 5.41) is 6.09. The summed E-state index contributed by atoms with van der Waals surface area (Å²) in [6.07, 6.45) is 3.00. The number of rotatable bonds is 5. The van der Waals surface area contributed by atoms with E-state index in [4.69, 9.17) is 0 Å². The van der Waals surface area contributed by atoms with Crippen LogP contribution in [0, 0.1) is 5.92 Å². The summed E-state index contributed by atoms with van der Waals surface area (Å²) < 4.78 is 0. The molecule has 2 fully saturated rings. The molecule has 3 aromatic rings. The SMILES string of the molecule is CC1CCC2(CC1)NC(=O)N(CC(=O)Nc1nc(-c3ccccc3)c(-c3ccccc3)s1)C2=O. The summed E-state index contributed by atoms with van der Waals surface area (Å²) >= 11 is 1.37. The van der Waals surface area contributed by atoms with E-state index in [1.165, 1.54) is 11.3 Å². The topological polar surface area (TPSA) is 91.4 Å². The summed E-state index contributed by atoms with van der Waals surface area (Å²) in [5.74, 6) is -0.207. The van der Waals surface area contributed by atoms with Crippen LogP contribution in [0.3, 0.4) is 0 Å². The first-order valence-corrected chi connectivity index (χ1v) is 12.3. The molecule has 1 saturated carbocycles. The van der Waals surface area contributed by atoms with E-state index in [-0.39, 0.29) is 12.5 Å². The summed E-state index contributed by atoms with van der Waals surface area (Å²) in [6.45, 7) is 1.82. The number of anilines is 1. The lowest BCUT2D eigenvalue weighted by molar-refractivity contribution is -0.135. The lowest BCUT2D eigenvalue weighted by Gasteiger charge is -2.33. The molecule has 0 atom stereocenters. The zero-order valence-electron chi connectivity index (χ0n) is 18.9. The van der Waals surface area contributed by atoms with Gasteiger partial charge in [-0.3, -0.25) is 14.5 Å². The Morgan fingerprint density at radius 2 is 1.68 bits per heavy atom. The van der Waals surface area contributed by atoms with Crippen molar-refractivity contribution < 1.29 is 14.4 Å². The number of imide groups is 1. The van der Waals surface area contributed by atoms with Gasteiger partial charge in [-0.15, -0.1) is 0 Å². The van der Waals surface area contributed by atoms with Gasteiger partial charge in [0.2, 0.25) is 5.91 Å². The number of thiazole rings is 1. The van der Waals surface area contributed by atoms with Gasteiger partial charge in [0.1, 0.15) is 12.1 Å². The van der Waals surface area contributed by atoms with Gasteiger partial charge >= 0.3 is 6.03 Å². The minimum absolute atomic E-state index is 0.298. The fourth-order valence-electron chi connectivity index (χ4n) is 4.67. The molecule has 1 saturated heterocycles. The van der Waals surface area contributed by atoms with E-state index in [1.54, 1.807) is 0 Å². The number of urea groups is 1. The summed E-state index contributed by atoms with van der Waals surface area (Å²) in [5.41, 5.74) is 1.87. The Morgan fingerprint density at radius 3 is 2.32 bits per heavy atom. The number of hydrogen-bond acceptors (Lipinski definition) is 5. The van der Waals surface area contributed by atoms with Crippen molar-refractivity contribution >= 4 is 34.3 Å². The molecule has 4 amide bonds. The first-order valence-electron chi connectivity index (χ1n) is 11.5. The lowest BCUT2D eigenvalue weighted by Crippen LogP contribution is -2.49. The minimum Gasteiger partial charge on any atom is -0.323 e. The van der Waals surface area contributed by atoms with Crippen LogP contribution in [0.25, 0.3) is 21.7 Å². The van der Waals surface area contributed by atoms with Crippen LogP contribution in [-0.4, -0.2) is 39.8 Å². The van der Waals surface area contributed by atoms with Crippen LogP contribution in [0.2, 0.25) is 0 Å². The maximum atomic E-state index is 13.1. The van der Waals surface area contributed by atoms with Gasteiger partial charge in [-0.05, 0) is 37.2 Å². The van der Waals surface area contributed by atoms with Crippen molar-refractivity contribution in [3.63, 3.8) is 0 Å². The van der Waals surface area contributed by atoms with Gasteiger partial charge in [0.15, 0.2) is 5.13 Å². The molecule has 34 heavy (non-hydrogen) atoms. The average molecular weight is 475 g/mol. The highest BCUT2D eigenvalue weighted by Gasteiger charge is 2.52. The second-order valence-corrected chi connectivity index (χ2v) is 10.1. The molecule has 0 radical (unpaired) electrons. The van der Waals surface area contributed by atoms with Gasteiger partial charge in [-0.25, -0.2) is 9.78 Å². The quantitative estimate of drug-likeness (QED) is 0.514. The van der Waals surface area contributed by atoms with E-state index in [9.17, 15) is 14.4 Å². The van der Waals surface area contributed by atoms with Crippen molar-refractivity contribution in [2.45, 2.75) is 38.1 Å². The van der Waals surface area contributed by atoms with Crippen molar-refractivity contribution in [3.05, 3.63) is 60.7 Å². The number of hydrogen-bond donors (Lipinski definition) is 2. The van der Waals surface area contributed by atoms with Crippen molar-refractivity contribution in [2.75, 3.05) is 11.9 Å². The van der Waals surface area contributed by atoms with Crippen molar-refractivity contribution in [1.29, 1.82) is 0 Å². The van der Waals surface area contributed by atoms with Gasteiger partial charge in [0.05, 0.1) is 10.6 Å². The number of carbonyl (C=O) groups excluding carboxylic acids is 3. The summed E-state index contributed by atoms with van der Waals surface area (Å²) in [6, 6.07) is 19.2. The number of amides is 4. The van der Waals surface area contributed by atoms with Crippen molar-refractivity contribution in [3.8, 4) is 21.7 Å². The normalized spacial score (nSPS) is 22.1. The zero-order chi connectivity index (χ0) is 23.7. The Bertz CT molecular complexity index is 1160. The molecule has 1 spiro atoms. The fraction of sp³-hybridized carbons (Fsp3) is 0.308. The third-order valence-electron chi connectivity index (χ3n) is 6.63. The maximum absolute atomic E-state index is 13.1. The van der Waals surface area contributed by atoms with E-state index in [2.05, 4.69) is 22.5 Å². The highest BCUT2D eigenvalue weighted by Crippen LogP contribution is 2.39. The number of carbonyl (C=O) groups is 3. The fourth-order valence-corrected chi connectivity index (χ4v) is 5.68.